The van der Waals surface area contributed by atoms with E-state index in [1.807, 2.05) is 0 Å². The Morgan fingerprint density at radius 1 is 1.32 bits per heavy atom. The molecule has 0 spiro atoms. The van der Waals surface area contributed by atoms with Crippen LogP contribution < -0.4 is 11.5 Å². The third-order valence-corrected chi connectivity index (χ3v) is 3.66. The molecule has 0 unspecified atom stereocenters. The van der Waals surface area contributed by atoms with Gasteiger partial charge in [-0.05, 0) is 13.0 Å². The van der Waals surface area contributed by atoms with Gasteiger partial charge in [0, 0.05) is 22.5 Å². The number of aliphatic hydroxyl groups is 1. The Morgan fingerprint density at radius 2 is 2.00 bits per heavy atom. The molecule has 0 bridgehead atoms. The van der Waals surface area contributed by atoms with Crippen LogP contribution in [0.1, 0.15) is 39.0 Å². The molecule has 0 radical (unpaired) electrons. The number of allylic oxidation sites excluding steroid dienone is 3. The number of aliphatic hydroxyl groups excluding tert-OH is 1. The van der Waals surface area contributed by atoms with Gasteiger partial charge in [-0.2, -0.15) is 0 Å². The van der Waals surface area contributed by atoms with Crippen molar-refractivity contribution in [3.63, 3.8) is 0 Å². The zero-order chi connectivity index (χ0) is 13.9. The molecule has 1 aliphatic heterocycles. The fourth-order valence-electron chi connectivity index (χ4n) is 2.67. The second-order valence-corrected chi connectivity index (χ2v) is 4.75. The van der Waals surface area contributed by atoms with E-state index < -0.39 is 5.78 Å². The van der Waals surface area contributed by atoms with Crippen molar-refractivity contribution in [2.24, 2.45) is 11.5 Å². The number of carbonyl (C=O) groups is 2. The lowest BCUT2D eigenvalue weighted by molar-refractivity contribution is 0.0967. The van der Waals surface area contributed by atoms with Crippen molar-refractivity contribution in [3.8, 4) is 0 Å². The first-order chi connectivity index (χ1) is 8.97. The van der Waals surface area contributed by atoms with E-state index in [-0.39, 0.29) is 34.9 Å². The average molecular weight is 259 g/mol. The van der Waals surface area contributed by atoms with Crippen LogP contribution in [0.5, 0.6) is 0 Å². The first-order valence-corrected chi connectivity index (χ1v) is 5.85. The second-order valence-electron chi connectivity index (χ2n) is 4.75. The minimum absolute atomic E-state index is 0.0478. The van der Waals surface area contributed by atoms with Gasteiger partial charge in [0.15, 0.2) is 0 Å². The van der Waals surface area contributed by atoms with Crippen molar-refractivity contribution >= 4 is 17.6 Å². The van der Waals surface area contributed by atoms with E-state index in [0.717, 1.165) is 0 Å². The Morgan fingerprint density at radius 3 is 2.63 bits per heavy atom. The number of nitrogens with two attached hydrogens (primary N) is 2. The predicted octanol–water partition coefficient (Wildman–Crippen LogP) is -0.0947. The van der Waals surface area contributed by atoms with Crippen LogP contribution in [-0.2, 0) is 13.2 Å². The fourth-order valence-corrected chi connectivity index (χ4v) is 2.67. The molecular formula is C13H13N3O3. The van der Waals surface area contributed by atoms with Gasteiger partial charge in [-0.3, -0.25) is 9.59 Å². The number of Topliss-reactive ketones (excluding diaryl/α,β-unsaturated/α-hetero) is 2. The van der Waals surface area contributed by atoms with Gasteiger partial charge in [-0.1, -0.05) is 0 Å². The van der Waals surface area contributed by atoms with Crippen LogP contribution in [0.2, 0.25) is 0 Å². The molecule has 0 amide bonds. The SMILES string of the molecule is CC1=C(N)C(=O)c2c(CO)c3n(c2C1=O)CC(N)=C3. The molecule has 0 atom stereocenters. The molecule has 0 fully saturated rings. The van der Waals surface area contributed by atoms with Gasteiger partial charge in [0.25, 0.3) is 0 Å². The number of fused-ring (bicyclic) bond motifs is 3. The van der Waals surface area contributed by atoms with E-state index in [1.165, 1.54) is 6.92 Å². The molecule has 0 aromatic carbocycles. The fraction of sp³-hybridized carbons (Fsp3) is 0.231. The number of hydrogen-bond donors (Lipinski definition) is 3. The average Bonchev–Trinajstić information content (AvgIpc) is 2.88. The van der Waals surface area contributed by atoms with Gasteiger partial charge < -0.3 is 21.1 Å². The summed E-state index contributed by atoms with van der Waals surface area (Å²) in [6.07, 6.45) is 1.68. The highest BCUT2D eigenvalue weighted by atomic mass is 16.3. The highest BCUT2D eigenvalue weighted by Crippen LogP contribution is 2.35. The van der Waals surface area contributed by atoms with Crippen molar-refractivity contribution < 1.29 is 14.7 Å². The van der Waals surface area contributed by atoms with E-state index in [4.69, 9.17) is 11.5 Å². The van der Waals surface area contributed by atoms with Gasteiger partial charge in [0.05, 0.1) is 24.4 Å². The van der Waals surface area contributed by atoms with Crippen LogP contribution in [0.15, 0.2) is 17.0 Å². The largest absolute Gasteiger partial charge is 0.401 e. The predicted molar refractivity (Wildman–Crippen MR) is 68.1 cm³/mol. The minimum Gasteiger partial charge on any atom is -0.401 e. The quantitative estimate of drug-likeness (QED) is 0.652. The van der Waals surface area contributed by atoms with Gasteiger partial charge >= 0.3 is 0 Å². The standard InChI is InChI=1S/C13H13N3O3/c1-5-10(15)13(19)9-7(4-17)8-2-6(14)3-16(8)11(9)12(5)18/h2,17H,3-4,14-15H2,1H3. The molecule has 0 saturated carbocycles. The summed E-state index contributed by atoms with van der Waals surface area (Å²) in [5.41, 5.74) is 13.8. The Kier molecular flexibility index (Phi) is 2.21. The first-order valence-electron chi connectivity index (χ1n) is 5.85. The maximum Gasteiger partial charge on any atom is 0.211 e. The van der Waals surface area contributed by atoms with Gasteiger partial charge in [0.1, 0.15) is 5.69 Å². The number of rotatable bonds is 1. The number of ketones is 2. The molecule has 0 saturated heterocycles. The van der Waals surface area contributed by atoms with Crippen molar-refractivity contribution in [2.75, 3.05) is 0 Å². The minimum atomic E-state index is -0.398. The summed E-state index contributed by atoms with van der Waals surface area (Å²) in [4.78, 5) is 24.5. The van der Waals surface area contributed by atoms with Crippen molar-refractivity contribution in [3.05, 3.63) is 39.5 Å². The maximum atomic E-state index is 12.3. The third-order valence-electron chi connectivity index (χ3n) is 3.66. The zero-order valence-electron chi connectivity index (χ0n) is 10.4. The maximum absolute atomic E-state index is 12.3. The zero-order valence-corrected chi connectivity index (χ0v) is 10.4. The molecule has 6 nitrogen and oxygen atoms in total. The normalized spacial score (nSPS) is 17.7. The van der Waals surface area contributed by atoms with Crippen LogP contribution >= 0.6 is 0 Å². The van der Waals surface area contributed by atoms with Crippen molar-refractivity contribution in [1.29, 1.82) is 0 Å². The summed E-state index contributed by atoms with van der Waals surface area (Å²) in [5.74, 6) is -0.679. The summed E-state index contributed by atoms with van der Waals surface area (Å²) in [6, 6.07) is 0. The van der Waals surface area contributed by atoms with Gasteiger partial charge in [-0.25, -0.2) is 0 Å². The number of hydrogen-bond acceptors (Lipinski definition) is 5. The molecule has 3 rings (SSSR count). The van der Waals surface area contributed by atoms with E-state index in [9.17, 15) is 14.7 Å². The van der Waals surface area contributed by atoms with E-state index in [1.54, 1.807) is 10.6 Å². The molecule has 6 heteroatoms. The topological polar surface area (TPSA) is 111 Å². The lowest BCUT2D eigenvalue weighted by Gasteiger charge is -2.16. The van der Waals surface area contributed by atoms with Crippen LogP contribution in [0.3, 0.4) is 0 Å². The Bertz CT molecular complexity index is 707. The summed E-state index contributed by atoms with van der Waals surface area (Å²) in [7, 11) is 0. The third kappa shape index (κ3) is 1.29. The summed E-state index contributed by atoms with van der Waals surface area (Å²) in [5, 5.41) is 9.49. The lowest BCUT2D eigenvalue weighted by atomic mass is 9.90. The molecule has 5 N–H and O–H groups in total. The van der Waals surface area contributed by atoms with Gasteiger partial charge in [-0.15, -0.1) is 0 Å². The van der Waals surface area contributed by atoms with E-state index >= 15 is 0 Å². The Hall–Kier alpha value is -2.34. The Labute approximate surface area is 109 Å². The summed E-state index contributed by atoms with van der Waals surface area (Å²) in [6.45, 7) is 1.55. The molecule has 1 aromatic rings. The number of carbonyl (C=O) groups excluding carboxylic acids is 2. The summed E-state index contributed by atoms with van der Waals surface area (Å²) >= 11 is 0. The van der Waals surface area contributed by atoms with Crippen molar-refractivity contribution in [2.45, 2.75) is 20.1 Å². The smallest absolute Gasteiger partial charge is 0.211 e. The molecular weight excluding hydrogens is 246 g/mol. The highest BCUT2D eigenvalue weighted by molar-refractivity contribution is 6.26. The van der Waals surface area contributed by atoms with E-state index in [2.05, 4.69) is 0 Å². The summed E-state index contributed by atoms with van der Waals surface area (Å²) < 4.78 is 1.67. The monoisotopic (exact) mass is 259 g/mol. The number of nitrogens with zero attached hydrogens (tertiary/aromatic N) is 1. The molecule has 2 aliphatic rings. The van der Waals surface area contributed by atoms with E-state index in [0.29, 0.717) is 23.5 Å². The second kappa shape index (κ2) is 3.58. The Balaban J connectivity index is 2.36. The van der Waals surface area contributed by atoms with Crippen LogP contribution in [-0.4, -0.2) is 21.2 Å². The molecule has 1 aliphatic carbocycles. The van der Waals surface area contributed by atoms with Crippen LogP contribution in [0.25, 0.3) is 6.08 Å². The molecule has 1 aromatic heterocycles. The van der Waals surface area contributed by atoms with Crippen molar-refractivity contribution in [1.82, 2.24) is 4.57 Å². The van der Waals surface area contributed by atoms with Gasteiger partial charge in [0.2, 0.25) is 11.6 Å². The molecule has 2 heterocycles. The first kappa shape index (κ1) is 11.7. The number of aromatic nitrogens is 1. The molecule has 19 heavy (non-hydrogen) atoms. The molecule has 98 valence electrons. The van der Waals surface area contributed by atoms with Crippen LogP contribution in [0, 0.1) is 0 Å². The van der Waals surface area contributed by atoms with Crippen LogP contribution in [0.4, 0.5) is 0 Å². The lowest BCUT2D eigenvalue weighted by Crippen LogP contribution is -2.27. The highest BCUT2D eigenvalue weighted by Gasteiger charge is 2.37.